The number of carbonyl (C=O) groups excluding carboxylic acids is 2. The molecule has 0 spiro atoms. The van der Waals surface area contributed by atoms with Gasteiger partial charge in [-0.25, -0.2) is 14.8 Å². The van der Waals surface area contributed by atoms with Crippen molar-refractivity contribution in [2.75, 3.05) is 29.0 Å². The number of anilines is 4. The molecule has 0 unspecified atom stereocenters. The van der Waals surface area contributed by atoms with Crippen molar-refractivity contribution < 1.29 is 14.3 Å². The number of alkyl carbamates (subject to hydrolysis) is 1. The Morgan fingerprint density at radius 3 is 2.49 bits per heavy atom. The van der Waals surface area contributed by atoms with Gasteiger partial charge in [-0.15, -0.1) is 0 Å². The second-order valence-electron chi connectivity index (χ2n) is 9.08. The van der Waals surface area contributed by atoms with Gasteiger partial charge in [0, 0.05) is 13.1 Å². The van der Waals surface area contributed by atoms with Crippen LogP contribution in [0.3, 0.4) is 0 Å². The van der Waals surface area contributed by atoms with Crippen LogP contribution in [0.1, 0.15) is 36.8 Å². The maximum atomic E-state index is 13.1. The van der Waals surface area contributed by atoms with Crippen LogP contribution in [0.25, 0.3) is 11.0 Å². The number of pyridine rings is 1. The molecule has 0 aliphatic rings. The van der Waals surface area contributed by atoms with Gasteiger partial charge in [0.25, 0.3) is 5.91 Å². The lowest BCUT2D eigenvalue weighted by Gasteiger charge is -2.19. The number of aromatic nitrogens is 4. The molecule has 1 aromatic carbocycles. The molecule has 0 aliphatic heterocycles. The Morgan fingerprint density at radius 1 is 0.973 bits per heavy atom. The molecule has 0 bridgehead atoms. The summed E-state index contributed by atoms with van der Waals surface area (Å²) in [6.07, 6.45) is 2.70. The Kier molecular flexibility index (Phi) is 7.77. The van der Waals surface area contributed by atoms with Gasteiger partial charge in [-0.1, -0.05) is 12.1 Å². The maximum Gasteiger partial charge on any atom is 0.407 e. The third kappa shape index (κ3) is 7.10. The van der Waals surface area contributed by atoms with E-state index >= 15 is 0 Å². The molecular weight excluding hydrogens is 492 g/mol. The average Bonchev–Trinajstić information content (AvgIpc) is 3.21. The normalized spacial score (nSPS) is 11.1. The van der Waals surface area contributed by atoms with E-state index < -0.39 is 11.7 Å². The number of rotatable bonds is 8. The van der Waals surface area contributed by atoms with Crippen LogP contribution < -0.4 is 21.3 Å². The Bertz CT molecular complexity index is 1400. The third-order valence-corrected chi connectivity index (χ3v) is 5.75. The van der Waals surface area contributed by atoms with Crippen LogP contribution in [0.2, 0.25) is 0 Å². The molecule has 0 saturated heterocycles. The number of nitrogens with one attached hydrogen (secondary N) is 4. The predicted octanol–water partition coefficient (Wildman–Crippen LogP) is 4.72. The van der Waals surface area contributed by atoms with Crippen LogP contribution >= 0.6 is 11.5 Å². The zero-order valence-electron chi connectivity index (χ0n) is 21.0. The van der Waals surface area contributed by atoms with Crippen LogP contribution in [0, 0.1) is 6.92 Å². The van der Waals surface area contributed by atoms with Gasteiger partial charge in [0.15, 0.2) is 0 Å². The second kappa shape index (κ2) is 11.2. The number of fused-ring (bicyclic) bond motifs is 1. The van der Waals surface area contributed by atoms with E-state index in [4.69, 9.17) is 4.74 Å². The number of hydrogen-bond acceptors (Lipinski definition) is 10. The summed E-state index contributed by atoms with van der Waals surface area (Å²) in [6, 6.07) is 11.0. The fourth-order valence-electron chi connectivity index (χ4n) is 3.29. The number of benzene rings is 1. The van der Waals surface area contributed by atoms with Crippen molar-refractivity contribution in [3.05, 3.63) is 60.0 Å². The first kappa shape index (κ1) is 25.8. The monoisotopic (exact) mass is 520 g/mol. The standard InChI is InChI=1S/C25H28N8O3S/c1-15-21(23(37-33-15)32-20-14-28-17-7-5-6-8-18(17)31-20)22(34)30-16-9-10-19(29-13-16)26-11-12-27-24(35)36-25(2,3)4/h5-10,13-14H,11-12H2,1-4H3,(H,26,29)(H,27,35)(H,30,34)(H,31,32). The summed E-state index contributed by atoms with van der Waals surface area (Å²) in [5, 5.41) is 12.4. The molecule has 12 heteroatoms. The molecule has 11 nitrogen and oxygen atoms in total. The van der Waals surface area contributed by atoms with Crippen molar-refractivity contribution in [2.24, 2.45) is 0 Å². The van der Waals surface area contributed by atoms with Crippen molar-refractivity contribution in [2.45, 2.75) is 33.3 Å². The van der Waals surface area contributed by atoms with Crippen molar-refractivity contribution in [1.82, 2.24) is 24.6 Å². The first-order chi connectivity index (χ1) is 17.7. The van der Waals surface area contributed by atoms with E-state index in [1.807, 2.05) is 45.0 Å². The minimum Gasteiger partial charge on any atom is -0.444 e. The molecule has 4 rings (SSSR count). The van der Waals surface area contributed by atoms with Gasteiger partial charge < -0.3 is 26.0 Å². The largest absolute Gasteiger partial charge is 0.444 e. The highest BCUT2D eigenvalue weighted by atomic mass is 32.1. The summed E-state index contributed by atoms with van der Waals surface area (Å²) < 4.78 is 9.52. The van der Waals surface area contributed by atoms with Crippen molar-refractivity contribution >= 4 is 56.9 Å². The molecule has 4 N–H and O–H groups in total. The summed E-state index contributed by atoms with van der Waals surface area (Å²) in [7, 11) is 0. The second-order valence-corrected chi connectivity index (χ2v) is 9.86. The number of aryl methyl sites for hydroxylation is 1. The molecule has 0 fully saturated rings. The summed E-state index contributed by atoms with van der Waals surface area (Å²) in [5.74, 6) is 0.816. The molecule has 0 saturated carbocycles. The Balaban J connectivity index is 1.33. The number of ether oxygens (including phenoxy) is 1. The number of para-hydroxylation sites is 2. The third-order valence-electron chi connectivity index (χ3n) is 4.90. The smallest absolute Gasteiger partial charge is 0.407 e. The summed E-state index contributed by atoms with van der Waals surface area (Å²) in [4.78, 5) is 38.0. The van der Waals surface area contributed by atoms with Gasteiger partial charge in [-0.2, -0.15) is 4.37 Å². The van der Waals surface area contributed by atoms with Crippen molar-refractivity contribution in [1.29, 1.82) is 0 Å². The summed E-state index contributed by atoms with van der Waals surface area (Å²) >= 11 is 1.18. The maximum absolute atomic E-state index is 13.1. The minimum atomic E-state index is -0.543. The predicted molar refractivity (Wildman–Crippen MR) is 145 cm³/mol. The van der Waals surface area contributed by atoms with E-state index in [1.165, 1.54) is 11.5 Å². The molecule has 37 heavy (non-hydrogen) atoms. The fourth-order valence-corrected chi connectivity index (χ4v) is 4.09. The highest BCUT2D eigenvalue weighted by Crippen LogP contribution is 2.28. The van der Waals surface area contributed by atoms with Gasteiger partial charge in [-0.3, -0.25) is 9.78 Å². The zero-order valence-corrected chi connectivity index (χ0v) is 21.8. The summed E-state index contributed by atoms with van der Waals surface area (Å²) in [5.41, 5.74) is 2.55. The van der Waals surface area contributed by atoms with Crippen molar-refractivity contribution in [3.63, 3.8) is 0 Å². The molecule has 0 radical (unpaired) electrons. The van der Waals surface area contributed by atoms with Crippen molar-refractivity contribution in [3.8, 4) is 0 Å². The Hall–Kier alpha value is -4.32. The van der Waals surface area contributed by atoms with Gasteiger partial charge >= 0.3 is 6.09 Å². The molecule has 2 amide bonds. The highest BCUT2D eigenvalue weighted by Gasteiger charge is 2.20. The fraction of sp³-hybridized carbons (Fsp3) is 0.280. The number of carbonyl (C=O) groups is 2. The lowest BCUT2D eigenvalue weighted by Crippen LogP contribution is -2.35. The molecule has 3 aromatic heterocycles. The lowest BCUT2D eigenvalue weighted by molar-refractivity contribution is 0.0530. The molecule has 0 aliphatic carbocycles. The van der Waals surface area contributed by atoms with E-state index in [0.717, 1.165) is 11.0 Å². The quantitative estimate of drug-likeness (QED) is 0.243. The van der Waals surface area contributed by atoms with Crippen LogP contribution in [-0.4, -0.2) is 50.0 Å². The van der Waals surface area contributed by atoms with Gasteiger partial charge in [-0.05, 0) is 63.5 Å². The topological polar surface area (TPSA) is 143 Å². The van der Waals surface area contributed by atoms with Crippen LogP contribution in [0.15, 0.2) is 48.8 Å². The molecule has 4 aromatic rings. The van der Waals surface area contributed by atoms with Gasteiger partial charge in [0.05, 0.1) is 40.4 Å². The zero-order chi connectivity index (χ0) is 26.4. The Morgan fingerprint density at radius 2 is 1.76 bits per heavy atom. The van der Waals surface area contributed by atoms with E-state index in [2.05, 4.69) is 40.6 Å². The van der Waals surface area contributed by atoms with E-state index in [1.54, 1.807) is 31.5 Å². The van der Waals surface area contributed by atoms with Crippen LogP contribution in [0.5, 0.6) is 0 Å². The lowest BCUT2D eigenvalue weighted by atomic mass is 10.2. The highest BCUT2D eigenvalue weighted by molar-refractivity contribution is 7.10. The van der Waals surface area contributed by atoms with Gasteiger partial charge in [0.2, 0.25) is 0 Å². The first-order valence-corrected chi connectivity index (χ1v) is 12.4. The molecular formula is C25H28N8O3S. The van der Waals surface area contributed by atoms with E-state index in [-0.39, 0.29) is 5.91 Å². The van der Waals surface area contributed by atoms with Gasteiger partial charge in [0.1, 0.15) is 22.2 Å². The van der Waals surface area contributed by atoms with Crippen LogP contribution in [-0.2, 0) is 4.74 Å². The van der Waals surface area contributed by atoms with E-state index in [9.17, 15) is 9.59 Å². The molecule has 192 valence electrons. The molecule has 3 heterocycles. The average molecular weight is 521 g/mol. The summed E-state index contributed by atoms with van der Waals surface area (Å²) in [6.45, 7) is 8.03. The minimum absolute atomic E-state index is 0.313. The first-order valence-electron chi connectivity index (χ1n) is 11.6. The number of amides is 2. The molecule has 0 atom stereocenters. The number of hydrogen-bond donors (Lipinski definition) is 4. The van der Waals surface area contributed by atoms with Crippen LogP contribution in [0.4, 0.5) is 27.1 Å². The Labute approximate surface area is 218 Å². The SMILES string of the molecule is Cc1nsc(Nc2cnc3ccccc3n2)c1C(=O)Nc1ccc(NCCNC(=O)OC(C)(C)C)nc1. The number of nitrogens with zero attached hydrogens (tertiary/aromatic N) is 4. The van der Waals surface area contributed by atoms with E-state index in [0.29, 0.717) is 46.7 Å².